The Labute approximate surface area is 175 Å². The van der Waals surface area contributed by atoms with Crippen molar-refractivity contribution in [2.45, 2.75) is 44.3 Å². The molecule has 6 nitrogen and oxygen atoms in total. The van der Waals surface area contributed by atoms with Gasteiger partial charge in [-0.1, -0.05) is 23.7 Å². The van der Waals surface area contributed by atoms with Crippen LogP contribution < -0.4 is 11.1 Å². The summed E-state index contributed by atoms with van der Waals surface area (Å²) in [5.74, 6) is -7.78. The van der Waals surface area contributed by atoms with Crippen LogP contribution in [0.5, 0.6) is 0 Å². The number of halogens is 6. The molecule has 0 bridgehead atoms. The number of carboxylic acid groups (broad SMARTS) is 2. The summed E-state index contributed by atoms with van der Waals surface area (Å²) in [6.45, 7) is 2.54. The smallest absolute Gasteiger partial charge is 0.477 e. The Kier molecular flexibility index (Phi) is 11.8. The van der Waals surface area contributed by atoms with Crippen LogP contribution in [0, 0.1) is 5.92 Å². The SMILES string of the molecule is CC(F)(F)C(=O)O.NC(Cc1cccc(Cl)c1)C1CCNCC1.O=C(O)C(F)(F)F. The maximum Gasteiger partial charge on any atom is 0.490 e. The molecule has 1 aliphatic heterocycles. The Balaban J connectivity index is 0.000000503. The number of carboxylic acids is 2. The van der Waals surface area contributed by atoms with Crippen LogP contribution in [0.25, 0.3) is 0 Å². The number of carbonyl (C=O) groups is 2. The third-order valence-electron chi connectivity index (χ3n) is 3.97. The molecule has 0 spiro atoms. The van der Waals surface area contributed by atoms with Gasteiger partial charge in [0.15, 0.2) is 0 Å². The molecule has 0 saturated carbocycles. The Hall–Kier alpha value is -1.98. The molecule has 1 heterocycles. The summed E-state index contributed by atoms with van der Waals surface area (Å²) in [6.07, 6.45) is -1.76. The van der Waals surface area contributed by atoms with E-state index in [2.05, 4.69) is 11.4 Å². The molecule has 1 aromatic rings. The zero-order valence-electron chi connectivity index (χ0n) is 16.1. The summed E-state index contributed by atoms with van der Waals surface area (Å²) in [5, 5.41) is 18.8. The van der Waals surface area contributed by atoms with E-state index in [1.54, 1.807) is 0 Å². The minimum Gasteiger partial charge on any atom is -0.477 e. The summed E-state index contributed by atoms with van der Waals surface area (Å²) in [6, 6.07) is 8.28. The fraction of sp³-hybridized carbons (Fsp3) is 0.556. The second-order valence-corrected chi connectivity index (χ2v) is 7.02. The molecular weight excluding hydrogens is 439 g/mol. The van der Waals surface area contributed by atoms with Crippen LogP contribution in [0.2, 0.25) is 5.02 Å². The van der Waals surface area contributed by atoms with Crippen LogP contribution in [0.15, 0.2) is 24.3 Å². The number of rotatable bonds is 4. The molecule has 1 fully saturated rings. The number of hydrogen-bond acceptors (Lipinski definition) is 4. The fourth-order valence-electron chi connectivity index (χ4n) is 2.38. The van der Waals surface area contributed by atoms with Crippen molar-refractivity contribution in [2.75, 3.05) is 13.1 Å². The molecule has 5 N–H and O–H groups in total. The van der Waals surface area contributed by atoms with Crippen molar-refractivity contribution in [1.29, 1.82) is 0 Å². The molecule has 0 amide bonds. The quantitative estimate of drug-likeness (QED) is 0.509. The average molecular weight is 463 g/mol. The normalized spacial score (nSPS) is 15.7. The first-order valence-electron chi connectivity index (χ1n) is 8.76. The van der Waals surface area contributed by atoms with Gasteiger partial charge >= 0.3 is 24.0 Å². The van der Waals surface area contributed by atoms with Crippen LogP contribution >= 0.6 is 11.6 Å². The lowest BCUT2D eigenvalue weighted by atomic mass is 9.87. The van der Waals surface area contributed by atoms with E-state index in [0.29, 0.717) is 12.8 Å². The third kappa shape index (κ3) is 12.6. The van der Waals surface area contributed by atoms with Crippen molar-refractivity contribution < 1.29 is 41.8 Å². The molecular formula is C18H24ClF5N2O4. The van der Waals surface area contributed by atoms with Gasteiger partial charge < -0.3 is 21.3 Å². The Bertz CT molecular complexity index is 653. The lowest BCUT2D eigenvalue weighted by Gasteiger charge is -2.28. The predicted octanol–water partition coefficient (Wildman–Crippen LogP) is 3.57. The first-order valence-corrected chi connectivity index (χ1v) is 9.14. The zero-order valence-corrected chi connectivity index (χ0v) is 16.8. The van der Waals surface area contributed by atoms with Gasteiger partial charge in [-0.15, -0.1) is 0 Å². The fourth-order valence-corrected chi connectivity index (χ4v) is 2.59. The standard InChI is InChI=1S/C13H19ClN2.C3H4F2O2.C2HF3O2/c14-12-3-1-2-10(8-12)9-13(15)11-4-6-16-7-5-11;1-3(4,5)2(6)7;3-2(4,5)1(6)7/h1-3,8,11,13,16H,4-7,9,15H2;1H3,(H,6,7);(H,6,7). The Morgan fingerprint density at radius 2 is 1.63 bits per heavy atom. The summed E-state index contributed by atoms with van der Waals surface area (Å²) < 4.78 is 54.2. The van der Waals surface area contributed by atoms with Gasteiger partial charge in [-0.25, -0.2) is 9.59 Å². The molecule has 12 heteroatoms. The first-order chi connectivity index (χ1) is 13.6. The highest BCUT2D eigenvalue weighted by Crippen LogP contribution is 2.19. The average Bonchev–Trinajstić information content (AvgIpc) is 2.62. The molecule has 1 aliphatic rings. The van der Waals surface area contributed by atoms with Crippen molar-refractivity contribution in [2.24, 2.45) is 11.7 Å². The van der Waals surface area contributed by atoms with E-state index in [1.807, 2.05) is 18.2 Å². The van der Waals surface area contributed by atoms with Gasteiger partial charge in [-0.05, 0) is 56.0 Å². The van der Waals surface area contributed by atoms with Crippen molar-refractivity contribution in [3.05, 3.63) is 34.9 Å². The number of hydrogen-bond donors (Lipinski definition) is 4. The van der Waals surface area contributed by atoms with Gasteiger partial charge in [0.1, 0.15) is 0 Å². The van der Waals surface area contributed by atoms with Crippen LogP contribution in [0.1, 0.15) is 25.3 Å². The lowest BCUT2D eigenvalue weighted by molar-refractivity contribution is -0.192. The second-order valence-electron chi connectivity index (χ2n) is 6.58. The predicted molar refractivity (Wildman–Crippen MR) is 101 cm³/mol. The largest absolute Gasteiger partial charge is 0.490 e. The third-order valence-corrected chi connectivity index (χ3v) is 4.20. The summed E-state index contributed by atoms with van der Waals surface area (Å²) >= 11 is 5.96. The van der Waals surface area contributed by atoms with E-state index in [0.717, 1.165) is 24.5 Å². The number of alkyl halides is 5. The summed E-state index contributed by atoms with van der Waals surface area (Å²) in [4.78, 5) is 18.2. The summed E-state index contributed by atoms with van der Waals surface area (Å²) in [7, 11) is 0. The number of nitrogens with two attached hydrogens (primary N) is 1. The van der Waals surface area contributed by atoms with Crippen molar-refractivity contribution >= 4 is 23.5 Å². The highest BCUT2D eigenvalue weighted by Gasteiger charge is 2.38. The van der Waals surface area contributed by atoms with E-state index in [9.17, 15) is 26.7 Å². The van der Waals surface area contributed by atoms with Gasteiger partial charge in [-0.2, -0.15) is 22.0 Å². The van der Waals surface area contributed by atoms with Crippen molar-refractivity contribution in [3.8, 4) is 0 Å². The van der Waals surface area contributed by atoms with E-state index < -0.39 is 24.0 Å². The lowest BCUT2D eigenvalue weighted by Crippen LogP contribution is -2.39. The van der Waals surface area contributed by atoms with Crippen LogP contribution in [-0.4, -0.2) is 53.4 Å². The van der Waals surface area contributed by atoms with Gasteiger partial charge in [0.2, 0.25) is 0 Å². The molecule has 1 aromatic carbocycles. The molecule has 1 unspecified atom stereocenters. The van der Waals surface area contributed by atoms with E-state index in [4.69, 9.17) is 32.3 Å². The van der Waals surface area contributed by atoms with E-state index >= 15 is 0 Å². The van der Waals surface area contributed by atoms with Crippen molar-refractivity contribution in [1.82, 2.24) is 5.32 Å². The highest BCUT2D eigenvalue weighted by atomic mass is 35.5. The molecule has 0 aromatic heterocycles. The number of benzene rings is 1. The molecule has 0 radical (unpaired) electrons. The van der Waals surface area contributed by atoms with Gasteiger partial charge in [0, 0.05) is 18.0 Å². The highest BCUT2D eigenvalue weighted by molar-refractivity contribution is 6.30. The maximum absolute atomic E-state index is 11.2. The molecule has 1 saturated heterocycles. The van der Waals surface area contributed by atoms with Crippen LogP contribution in [0.3, 0.4) is 0 Å². The molecule has 172 valence electrons. The summed E-state index contributed by atoms with van der Waals surface area (Å²) in [5.41, 5.74) is 7.51. The zero-order chi connectivity index (χ0) is 23.5. The molecule has 0 aliphatic carbocycles. The van der Waals surface area contributed by atoms with Gasteiger partial charge in [-0.3, -0.25) is 0 Å². The second kappa shape index (κ2) is 12.7. The van der Waals surface area contributed by atoms with Crippen molar-refractivity contribution in [3.63, 3.8) is 0 Å². The topological polar surface area (TPSA) is 113 Å². The number of piperidine rings is 1. The first kappa shape index (κ1) is 28.0. The van der Waals surface area contributed by atoms with Crippen LogP contribution in [0.4, 0.5) is 22.0 Å². The Morgan fingerprint density at radius 3 is 2.00 bits per heavy atom. The molecule has 1 atom stereocenters. The monoisotopic (exact) mass is 462 g/mol. The Morgan fingerprint density at radius 1 is 1.17 bits per heavy atom. The van der Waals surface area contributed by atoms with E-state index in [1.165, 1.54) is 18.4 Å². The van der Waals surface area contributed by atoms with E-state index in [-0.39, 0.29) is 6.04 Å². The van der Waals surface area contributed by atoms with Gasteiger partial charge in [0.25, 0.3) is 0 Å². The molecule has 30 heavy (non-hydrogen) atoms. The van der Waals surface area contributed by atoms with Gasteiger partial charge in [0.05, 0.1) is 0 Å². The minimum absolute atomic E-state index is 0.264. The number of nitrogens with one attached hydrogen (secondary N) is 1. The van der Waals surface area contributed by atoms with Crippen LogP contribution in [-0.2, 0) is 16.0 Å². The molecule has 2 rings (SSSR count). The number of aliphatic carboxylic acids is 2. The maximum atomic E-state index is 11.2. The minimum atomic E-state index is -5.08.